The number of nitrogens with zero attached hydrogens (tertiary/aromatic N) is 2. The minimum atomic E-state index is -0.205. The standard InChI is InChI=1S/C21H26BrN3O2S/c1-15-4-3-11-25(12-15)13-16-5-7-17(8-6-16)23-20(26)14-24(2)21(27)18-9-10-19(22)28-18/h5-10,15H,3-4,11-14H2,1-2H3,(H,23,26). The average molecular weight is 464 g/mol. The molecule has 1 saturated heterocycles. The number of hydrogen-bond acceptors (Lipinski definition) is 4. The van der Waals surface area contributed by atoms with E-state index in [0.717, 1.165) is 35.0 Å². The Bertz CT molecular complexity index is 821. The smallest absolute Gasteiger partial charge is 0.264 e. The molecule has 3 rings (SSSR count). The Balaban J connectivity index is 1.49. The second-order valence-electron chi connectivity index (χ2n) is 7.49. The molecule has 1 unspecified atom stereocenters. The molecule has 1 fully saturated rings. The van der Waals surface area contributed by atoms with Crippen molar-refractivity contribution in [2.75, 3.05) is 32.0 Å². The molecule has 1 aromatic carbocycles. The van der Waals surface area contributed by atoms with Crippen molar-refractivity contribution in [2.24, 2.45) is 5.92 Å². The maximum atomic E-state index is 12.3. The predicted molar refractivity (Wildman–Crippen MR) is 118 cm³/mol. The Labute approximate surface area is 178 Å². The summed E-state index contributed by atoms with van der Waals surface area (Å²) in [6, 6.07) is 11.6. The van der Waals surface area contributed by atoms with Crippen LogP contribution in [0.4, 0.5) is 5.69 Å². The zero-order valence-corrected chi connectivity index (χ0v) is 18.7. The van der Waals surface area contributed by atoms with Gasteiger partial charge in [0, 0.05) is 25.8 Å². The Morgan fingerprint density at radius 1 is 1.25 bits per heavy atom. The van der Waals surface area contributed by atoms with Crippen LogP contribution in [0.3, 0.4) is 0 Å². The first kappa shape index (κ1) is 21.0. The number of rotatable bonds is 6. The molecule has 1 N–H and O–H groups in total. The van der Waals surface area contributed by atoms with Gasteiger partial charge in [0.05, 0.1) is 15.2 Å². The third kappa shape index (κ3) is 5.90. The zero-order chi connectivity index (χ0) is 20.1. The van der Waals surface area contributed by atoms with E-state index in [-0.39, 0.29) is 18.4 Å². The molecule has 0 aliphatic carbocycles. The Morgan fingerprint density at radius 2 is 2.00 bits per heavy atom. The fraction of sp³-hybridized carbons (Fsp3) is 0.429. The summed E-state index contributed by atoms with van der Waals surface area (Å²) in [5, 5.41) is 2.87. The first-order chi connectivity index (χ1) is 13.4. The van der Waals surface area contributed by atoms with Gasteiger partial charge in [-0.25, -0.2) is 0 Å². The summed E-state index contributed by atoms with van der Waals surface area (Å²) >= 11 is 4.71. The lowest BCUT2D eigenvalue weighted by atomic mass is 10.00. The van der Waals surface area contributed by atoms with Gasteiger partial charge in [0.1, 0.15) is 0 Å². The van der Waals surface area contributed by atoms with Gasteiger partial charge < -0.3 is 10.2 Å². The summed E-state index contributed by atoms with van der Waals surface area (Å²) in [6.07, 6.45) is 2.59. The number of benzene rings is 1. The molecule has 150 valence electrons. The number of nitrogens with one attached hydrogen (secondary N) is 1. The highest BCUT2D eigenvalue weighted by molar-refractivity contribution is 9.11. The number of thiophene rings is 1. The van der Waals surface area contributed by atoms with Crippen LogP contribution in [0.1, 0.15) is 35.0 Å². The molecular formula is C21H26BrN3O2S. The summed E-state index contributed by atoms with van der Waals surface area (Å²) < 4.78 is 0.896. The molecule has 1 aliphatic rings. The molecule has 2 heterocycles. The van der Waals surface area contributed by atoms with Crippen LogP contribution in [0, 0.1) is 5.92 Å². The minimum absolute atomic E-state index is 0.0156. The lowest BCUT2D eigenvalue weighted by Gasteiger charge is -2.30. The molecule has 0 bridgehead atoms. The lowest BCUT2D eigenvalue weighted by molar-refractivity contribution is -0.116. The van der Waals surface area contributed by atoms with E-state index in [2.05, 4.69) is 45.2 Å². The van der Waals surface area contributed by atoms with Crippen molar-refractivity contribution in [3.63, 3.8) is 0 Å². The summed E-state index contributed by atoms with van der Waals surface area (Å²) in [4.78, 5) is 29.1. The number of likely N-dealkylation sites (N-methyl/N-ethyl adjacent to an activating group) is 1. The third-order valence-corrected chi connectivity index (χ3v) is 6.51. The van der Waals surface area contributed by atoms with Gasteiger partial charge in [-0.15, -0.1) is 11.3 Å². The lowest BCUT2D eigenvalue weighted by Crippen LogP contribution is -2.34. The molecule has 28 heavy (non-hydrogen) atoms. The van der Waals surface area contributed by atoms with Crippen LogP contribution in [-0.4, -0.2) is 48.3 Å². The maximum absolute atomic E-state index is 12.3. The summed E-state index contributed by atoms with van der Waals surface area (Å²) in [7, 11) is 1.64. The van der Waals surface area contributed by atoms with Crippen LogP contribution in [0.2, 0.25) is 0 Å². The van der Waals surface area contributed by atoms with Gasteiger partial charge in [0.15, 0.2) is 0 Å². The van der Waals surface area contributed by atoms with Gasteiger partial charge in [-0.05, 0) is 71.1 Å². The zero-order valence-electron chi connectivity index (χ0n) is 16.3. The fourth-order valence-corrected chi connectivity index (χ4v) is 4.87. The number of likely N-dealkylation sites (tertiary alicyclic amines) is 1. The largest absolute Gasteiger partial charge is 0.332 e. The van der Waals surface area contributed by atoms with Crippen molar-refractivity contribution in [1.82, 2.24) is 9.80 Å². The molecule has 5 nitrogen and oxygen atoms in total. The molecule has 0 spiro atoms. The number of anilines is 1. The van der Waals surface area contributed by atoms with Crippen molar-refractivity contribution in [2.45, 2.75) is 26.3 Å². The topological polar surface area (TPSA) is 52.7 Å². The van der Waals surface area contributed by atoms with E-state index < -0.39 is 0 Å². The van der Waals surface area contributed by atoms with Crippen molar-refractivity contribution in [3.05, 3.63) is 50.6 Å². The molecule has 1 aliphatic heterocycles. The van der Waals surface area contributed by atoms with Crippen molar-refractivity contribution in [1.29, 1.82) is 0 Å². The van der Waals surface area contributed by atoms with E-state index in [1.165, 1.54) is 34.6 Å². The predicted octanol–water partition coefficient (Wildman–Crippen LogP) is 4.45. The monoisotopic (exact) mass is 463 g/mol. The normalized spacial score (nSPS) is 17.3. The van der Waals surface area contributed by atoms with E-state index in [9.17, 15) is 9.59 Å². The first-order valence-corrected chi connectivity index (χ1v) is 11.1. The van der Waals surface area contributed by atoms with Gasteiger partial charge in [-0.2, -0.15) is 0 Å². The Hall–Kier alpha value is -1.70. The van der Waals surface area contributed by atoms with Crippen LogP contribution >= 0.6 is 27.3 Å². The second kappa shape index (κ2) is 9.67. The van der Waals surface area contributed by atoms with E-state index in [1.54, 1.807) is 13.1 Å². The first-order valence-electron chi connectivity index (χ1n) is 9.52. The van der Waals surface area contributed by atoms with Crippen LogP contribution < -0.4 is 5.32 Å². The molecule has 1 aromatic heterocycles. The summed E-state index contributed by atoms with van der Waals surface area (Å²) in [5.41, 5.74) is 2.00. The van der Waals surface area contributed by atoms with Crippen LogP contribution in [0.15, 0.2) is 40.2 Å². The van der Waals surface area contributed by atoms with Gasteiger partial charge in [-0.3, -0.25) is 14.5 Å². The molecule has 2 aromatic rings. The van der Waals surface area contributed by atoms with Crippen molar-refractivity contribution in [3.8, 4) is 0 Å². The number of carbonyl (C=O) groups excluding carboxylic acids is 2. The van der Waals surface area contributed by atoms with E-state index in [0.29, 0.717) is 4.88 Å². The Kier molecular flexibility index (Phi) is 7.26. The molecular weight excluding hydrogens is 438 g/mol. The quantitative estimate of drug-likeness (QED) is 0.687. The van der Waals surface area contributed by atoms with Crippen LogP contribution in [0.5, 0.6) is 0 Å². The van der Waals surface area contributed by atoms with Crippen molar-refractivity contribution < 1.29 is 9.59 Å². The molecule has 2 amide bonds. The SMILES string of the molecule is CC1CCCN(Cc2ccc(NC(=O)CN(C)C(=O)c3ccc(Br)s3)cc2)C1. The maximum Gasteiger partial charge on any atom is 0.264 e. The highest BCUT2D eigenvalue weighted by Crippen LogP contribution is 2.23. The van der Waals surface area contributed by atoms with Crippen molar-refractivity contribution >= 4 is 44.8 Å². The molecule has 0 saturated carbocycles. The highest BCUT2D eigenvalue weighted by Gasteiger charge is 2.18. The van der Waals surface area contributed by atoms with Crippen LogP contribution in [-0.2, 0) is 11.3 Å². The second-order valence-corrected chi connectivity index (χ2v) is 9.96. The fourth-order valence-electron chi connectivity index (χ4n) is 3.49. The number of carbonyl (C=O) groups is 2. The number of amides is 2. The highest BCUT2D eigenvalue weighted by atomic mass is 79.9. The van der Waals surface area contributed by atoms with E-state index in [4.69, 9.17) is 0 Å². The average Bonchev–Trinajstić information content (AvgIpc) is 3.09. The third-order valence-electron chi connectivity index (χ3n) is 4.90. The minimum Gasteiger partial charge on any atom is -0.332 e. The number of piperidine rings is 1. The number of halogens is 1. The van der Waals surface area contributed by atoms with E-state index >= 15 is 0 Å². The molecule has 7 heteroatoms. The van der Waals surface area contributed by atoms with E-state index in [1.807, 2.05) is 18.2 Å². The van der Waals surface area contributed by atoms with Gasteiger partial charge in [-0.1, -0.05) is 19.1 Å². The summed E-state index contributed by atoms with van der Waals surface area (Å²) in [6.45, 7) is 5.58. The van der Waals surface area contributed by atoms with Gasteiger partial charge in [0.25, 0.3) is 5.91 Å². The molecule has 1 atom stereocenters. The number of hydrogen-bond donors (Lipinski definition) is 1. The van der Waals surface area contributed by atoms with Gasteiger partial charge in [0.2, 0.25) is 5.91 Å². The van der Waals surface area contributed by atoms with Gasteiger partial charge >= 0.3 is 0 Å². The molecule has 0 radical (unpaired) electrons. The van der Waals surface area contributed by atoms with Crippen LogP contribution in [0.25, 0.3) is 0 Å². The Morgan fingerprint density at radius 3 is 2.64 bits per heavy atom. The summed E-state index contributed by atoms with van der Waals surface area (Å²) in [5.74, 6) is 0.406.